The van der Waals surface area contributed by atoms with Crippen molar-refractivity contribution in [2.45, 2.75) is 26.4 Å². The van der Waals surface area contributed by atoms with Gasteiger partial charge in [0.15, 0.2) is 0 Å². The topological polar surface area (TPSA) is 71.2 Å². The molecule has 2 N–H and O–H groups in total. The van der Waals surface area contributed by atoms with Crippen LogP contribution in [-0.2, 0) is 4.74 Å². The van der Waals surface area contributed by atoms with Crippen molar-refractivity contribution >= 4 is 33.3 Å². The highest BCUT2D eigenvalue weighted by Gasteiger charge is 2.16. The molecule has 0 bridgehead atoms. The van der Waals surface area contributed by atoms with E-state index in [1.807, 2.05) is 0 Å². The number of fused-ring (bicyclic) bond motifs is 1. The molecule has 96 valence electrons. The van der Waals surface area contributed by atoms with Crippen LogP contribution >= 0.6 is 11.3 Å². The first-order valence-corrected chi connectivity index (χ1v) is 6.28. The quantitative estimate of drug-likeness (QED) is 0.833. The van der Waals surface area contributed by atoms with Crippen LogP contribution in [0.3, 0.4) is 0 Å². The van der Waals surface area contributed by atoms with E-state index in [2.05, 4.69) is 10.3 Å². The first-order chi connectivity index (χ1) is 8.33. The lowest BCUT2D eigenvalue weighted by Crippen LogP contribution is -2.27. The van der Waals surface area contributed by atoms with E-state index in [0.29, 0.717) is 11.2 Å². The molecule has 0 fully saturated rings. The number of nitrogens with one attached hydrogen (secondary N) is 2. The van der Waals surface area contributed by atoms with E-state index in [-0.39, 0.29) is 4.87 Å². The number of ether oxygens (including phenoxy) is 1. The second kappa shape index (κ2) is 4.45. The summed E-state index contributed by atoms with van der Waals surface area (Å²) < 4.78 is 6.00. The minimum Gasteiger partial charge on any atom is -0.444 e. The molecule has 1 aromatic carbocycles. The molecule has 2 aromatic rings. The number of thiazole rings is 1. The molecule has 5 nitrogen and oxygen atoms in total. The van der Waals surface area contributed by atoms with Crippen LogP contribution in [0.4, 0.5) is 10.5 Å². The third-order valence-corrected chi connectivity index (χ3v) is 2.93. The number of aromatic amines is 1. The van der Waals surface area contributed by atoms with Crippen molar-refractivity contribution in [1.29, 1.82) is 0 Å². The first-order valence-electron chi connectivity index (χ1n) is 5.46. The van der Waals surface area contributed by atoms with Crippen molar-refractivity contribution < 1.29 is 9.53 Å². The van der Waals surface area contributed by atoms with Gasteiger partial charge >= 0.3 is 11.0 Å². The number of benzene rings is 1. The molecule has 0 spiro atoms. The summed E-state index contributed by atoms with van der Waals surface area (Å²) in [5.41, 5.74) is 0.759. The summed E-state index contributed by atoms with van der Waals surface area (Å²) in [6, 6.07) is 5.22. The molecule has 0 aliphatic rings. The fourth-order valence-electron chi connectivity index (χ4n) is 1.45. The van der Waals surface area contributed by atoms with Gasteiger partial charge in [0.05, 0.1) is 10.2 Å². The van der Waals surface area contributed by atoms with Gasteiger partial charge in [0.25, 0.3) is 0 Å². The second-order valence-electron chi connectivity index (χ2n) is 4.85. The van der Waals surface area contributed by atoms with E-state index in [9.17, 15) is 9.59 Å². The minimum atomic E-state index is -0.537. The number of hydrogen-bond donors (Lipinski definition) is 2. The van der Waals surface area contributed by atoms with E-state index in [1.165, 1.54) is 0 Å². The van der Waals surface area contributed by atoms with Gasteiger partial charge < -0.3 is 9.72 Å². The molecule has 6 heteroatoms. The van der Waals surface area contributed by atoms with Gasteiger partial charge in [-0.1, -0.05) is 11.3 Å². The Hall–Kier alpha value is -1.82. The van der Waals surface area contributed by atoms with E-state index in [0.717, 1.165) is 16.0 Å². The Morgan fingerprint density at radius 1 is 1.39 bits per heavy atom. The number of carbonyl (C=O) groups is 1. The predicted molar refractivity (Wildman–Crippen MR) is 72.3 cm³/mol. The minimum absolute atomic E-state index is 0.112. The molecule has 0 saturated heterocycles. The molecular weight excluding hydrogens is 252 g/mol. The van der Waals surface area contributed by atoms with Crippen molar-refractivity contribution in [3.8, 4) is 0 Å². The largest absolute Gasteiger partial charge is 0.444 e. The molecule has 0 radical (unpaired) electrons. The lowest BCUT2D eigenvalue weighted by Gasteiger charge is -2.19. The monoisotopic (exact) mass is 266 g/mol. The molecule has 0 atom stereocenters. The predicted octanol–water partition coefficient (Wildman–Crippen LogP) is 2.94. The zero-order chi connectivity index (χ0) is 13.3. The van der Waals surface area contributed by atoms with Crippen molar-refractivity contribution in [2.75, 3.05) is 5.32 Å². The van der Waals surface area contributed by atoms with Crippen LogP contribution in [0.5, 0.6) is 0 Å². The fraction of sp³-hybridized carbons (Fsp3) is 0.333. The molecule has 0 aliphatic carbocycles. The molecule has 1 heterocycles. The maximum absolute atomic E-state index is 11.6. The summed E-state index contributed by atoms with van der Waals surface area (Å²) >= 11 is 1.13. The number of aromatic nitrogens is 1. The third-order valence-electron chi connectivity index (χ3n) is 2.06. The van der Waals surface area contributed by atoms with Gasteiger partial charge in [-0.15, -0.1) is 0 Å². The van der Waals surface area contributed by atoms with Crippen LogP contribution in [0.15, 0.2) is 23.0 Å². The summed E-state index contributed by atoms with van der Waals surface area (Å²) in [6.07, 6.45) is -0.514. The maximum atomic E-state index is 11.6. The number of hydrogen-bond acceptors (Lipinski definition) is 4. The van der Waals surface area contributed by atoms with Gasteiger partial charge in [0.2, 0.25) is 0 Å². The third kappa shape index (κ3) is 3.10. The summed E-state index contributed by atoms with van der Waals surface area (Å²) in [4.78, 5) is 25.3. The number of carbonyl (C=O) groups excluding carboxylic acids is 1. The van der Waals surface area contributed by atoms with Crippen LogP contribution in [0.1, 0.15) is 20.8 Å². The summed E-state index contributed by atoms with van der Waals surface area (Å²) in [5.74, 6) is 0. The zero-order valence-electron chi connectivity index (χ0n) is 10.4. The normalized spacial score (nSPS) is 11.5. The lowest BCUT2D eigenvalue weighted by atomic mass is 10.2. The lowest BCUT2D eigenvalue weighted by molar-refractivity contribution is 0.0636. The Kier molecular flexibility index (Phi) is 3.13. The van der Waals surface area contributed by atoms with Crippen LogP contribution in [0.25, 0.3) is 10.2 Å². The smallest absolute Gasteiger partial charge is 0.412 e. The molecular formula is C12H14N2O3S. The second-order valence-corrected chi connectivity index (χ2v) is 5.87. The van der Waals surface area contributed by atoms with Crippen LogP contribution in [0.2, 0.25) is 0 Å². The number of amides is 1. The van der Waals surface area contributed by atoms with Gasteiger partial charge in [-0.25, -0.2) is 4.79 Å². The highest BCUT2D eigenvalue weighted by molar-refractivity contribution is 7.16. The van der Waals surface area contributed by atoms with Crippen molar-refractivity contribution in [3.05, 3.63) is 27.9 Å². The van der Waals surface area contributed by atoms with Crippen LogP contribution in [0, 0.1) is 0 Å². The highest BCUT2D eigenvalue weighted by Crippen LogP contribution is 2.19. The van der Waals surface area contributed by atoms with E-state index < -0.39 is 11.7 Å². The van der Waals surface area contributed by atoms with Crippen LogP contribution < -0.4 is 10.2 Å². The molecule has 2 rings (SSSR count). The molecule has 18 heavy (non-hydrogen) atoms. The summed E-state index contributed by atoms with van der Waals surface area (Å²) in [6.45, 7) is 5.39. The zero-order valence-corrected chi connectivity index (χ0v) is 11.2. The Balaban J connectivity index is 2.17. The van der Waals surface area contributed by atoms with E-state index >= 15 is 0 Å². The standard InChI is InChI=1S/C12H14N2O3S/c1-12(2,3)17-10(15)13-7-4-5-9-8(6-7)14-11(16)18-9/h4-6H,1-3H3,(H,13,15)(H,14,16). The van der Waals surface area contributed by atoms with Gasteiger partial charge in [-0.3, -0.25) is 10.1 Å². The highest BCUT2D eigenvalue weighted by atomic mass is 32.1. The average molecular weight is 266 g/mol. The molecule has 0 aliphatic heterocycles. The van der Waals surface area contributed by atoms with Crippen molar-refractivity contribution in [1.82, 2.24) is 4.98 Å². The Morgan fingerprint density at radius 3 is 2.78 bits per heavy atom. The van der Waals surface area contributed by atoms with Gasteiger partial charge in [0.1, 0.15) is 5.60 Å². The van der Waals surface area contributed by atoms with E-state index in [1.54, 1.807) is 39.0 Å². The first kappa shape index (κ1) is 12.6. The number of H-pyrrole nitrogens is 1. The van der Waals surface area contributed by atoms with Crippen molar-refractivity contribution in [3.63, 3.8) is 0 Å². The number of anilines is 1. The average Bonchev–Trinajstić information content (AvgIpc) is 2.53. The Bertz CT molecular complexity index is 637. The molecule has 0 unspecified atom stereocenters. The Morgan fingerprint density at radius 2 is 2.11 bits per heavy atom. The maximum Gasteiger partial charge on any atom is 0.412 e. The van der Waals surface area contributed by atoms with Crippen LogP contribution in [-0.4, -0.2) is 16.7 Å². The van der Waals surface area contributed by atoms with Gasteiger partial charge in [-0.2, -0.15) is 0 Å². The molecule has 1 amide bonds. The van der Waals surface area contributed by atoms with Gasteiger partial charge in [-0.05, 0) is 39.0 Å². The molecule has 1 aromatic heterocycles. The van der Waals surface area contributed by atoms with E-state index in [4.69, 9.17) is 4.74 Å². The summed E-state index contributed by atoms with van der Waals surface area (Å²) in [7, 11) is 0. The summed E-state index contributed by atoms with van der Waals surface area (Å²) in [5, 5.41) is 2.62. The fourth-order valence-corrected chi connectivity index (χ4v) is 2.17. The number of rotatable bonds is 1. The molecule has 0 saturated carbocycles. The SMILES string of the molecule is CC(C)(C)OC(=O)Nc1ccc2sc(=O)[nH]c2c1. The Labute approximate surface area is 108 Å². The van der Waals surface area contributed by atoms with Crippen molar-refractivity contribution in [2.24, 2.45) is 0 Å². The van der Waals surface area contributed by atoms with Gasteiger partial charge in [0, 0.05) is 5.69 Å².